The van der Waals surface area contributed by atoms with E-state index >= 15 is 0 Å². The van der Waals surface area contributed by atoms with Crippen LogP contribution in [-0.2, 0) is 0 Å². The Morgan fingerprint density at radius 3 is 2.17 bits per heavy atom. The zero-order valence-electron chi connectivity index (χ0n) is 12.6. The van der Waals surface area contributed by atoms with Crippen LogP contribution in [0, 0.1) is 6.92 Å². The molecule has 0 bridgehead atoms. The van der Waals surface area contributed by atoms with Gasteiger partial charge >= 0.3 is 0 Å². The van der Waals surface area contributed by atoms with Crippen molar-refractivity contribution in [2.45, 2.75) is 6.92 Å². The number of aldehydes is 1. The van der Waals surface area contributed by atoms with E-state index in [1.165, 1.54) is 0 Å². The summed E-state index contributed by atoms with van der Waals surface area (Å²) in [5.74, 6) is 0. The average molecular weight is 318 g/mol. The summed E-state index contributed by atoms with van der Waals surface area (Å²) in [5, 5.41) is 0. The quantitative estimate of drug-likeness (QED) is 0.506. The molecule has 4 heteroatoms. The van der Waals surface area contributed by atoms with Gasteiger partial charge in [0.05, 0.1) is 5.69 Å². The maximum absolute atomic E-state index is 11.8. The minimum Gasteiger partial charge on any atom is -0.296 e. The standard InChI is InChI=1S/C19H14N2OS/c1-13-18(15-10-6-3-7-11-15)21-16(12-22)17(20-19(21)23-13)14-8-4-2-5-9-14/h2-12H,1H3. The number of imidazole rings is 1. The molecule has 0 aliphatic carbocycles. The Balaban J connectivity index is 2.04. The molecule has 0 saturated heterocycles. The predicted molar refractivity (Wildman–Crippen MR) is 94.1 cm³/mol. The van der Waals surface area contributed by atoms with Gasteiger partial charge in [0, 0.05) is 10.4 Å². The van der Waals surface area contributed by atoms with Gasteiger partial charge in [-0.25, -0.2) is 4.98 Å². The molecule has 3 nitrogen and oxygen atoms in total. The lowest BCUT2D eigenvalue weighted by Crippen LogP contribution is -1.95. The number of aromatic nitrogens is 2. The van der Waals surface area contributed by atoms with Crippen LogP contribution in [0.25, 0.3) is 27.5 Å². The lowest BCUT2D eigenvalue weighted by atomic mass is 10.1. The fourth-order valence-corrected chi connectivity index (χ4v) is 3.88. The van der Waals surface area contributed by atoms with Crippen LogP contribution in [0.3, 0.4) is 0 Å². The highest BCUT2D eigenvalue weighted by molar-refractivity contribution is 7.17. The molecular weight excluding hydrogens is 304 g/mol. The number of carbonyl (C=O) groups excluding carboxylic acids is 1. The highest BCUT2D eigenvalue weighted by Crippen LogP contribution is 2.35. The number of rotatable bonds is 3. The van der Waals surface area contributed by atoms with Crippen molar-refractivity contribution in [1.29, 1.82) is 0 Å². The number of carbonyl (C=O) groups is 1. The molecule has 0 radical (unpaired) electrons. The Morgan fingerprint density at radius 2 is 1.57 bits per heavy atom. The smallest absolute Gasteiger partial charge is 0.195 e. The molecule has 2 aromatic heterocycles. The second-order valence-corrected chi connectivity index (χ2v) is 6.50. The first-order chi connectivity index (χ1) is 11.3. The number of fused-ring (bicyclic) bond motifs is 1. The molecule has 2 heterocycles. The normalized spacial score (nSPS) is 11.0. The van der Waals surface area contributed by atoms with E-state index < -0.39 is 0 Å². The van der Waals surface area contributed by atoms with Crippen LogP contribution in [0.4, 0.5) is 0 Å². The van der Waals surface area contributed by atoms with Crippen LogP contribution >= 0.6 is 11.3 Å². The first-order valence-electron chi connectivity index (χ1n) is 7.37. The summed E-state index contributed by atoms with van der Waals surface area (Å²) < 4.78 is 1.98. The van der Waals surface area contributed by atoms with Gasteiger partial charge in [0.2, 0.25) is 0 Å². The van der Waals surface area contributed by atoms with Crippen LogP contribution in [-0.4, -0.2) is 15.7 Å². The molecule has 0 spiro atoms. The van der Waals surface area contributed by atoms with Crippen molar-refractivity contribution in [2.75, 3.05) is 0 Å². The van der Waals surface area contributed by atoms with Crippen LogP contribution in [0.15, 0.2) is 60.7 Å². The molecule has 0 saturated carbocycles. The molecule has 23 heavy (non-hydrogen) atoms. The van der Waals surface area contributed by atoms with Crippen molar-refractivity contribution in [2.24, 2.45) is 0 Å². The van der Waals surface area contributed by atoms with E-state index in [9.17, 15) is 4.79 Å². The molecule has 0 amide bonds. The molecule has 2 aromatic carbocycles. The van der Waals surface area contributed by atoms with Gasteiger partial charge in [0.25, 0.3) is 0 Å². The van der Waals surface area contributed by atoms with Crippen LogP contribution in [0.1, 0.15) is 15.4 Å². The van der Waals surface area contributed by atoms with Crippen molar-refractivity contribution in [3.8, 4) is 22.5 Å². The maximum Gasteiger partial charge on any atom is 0.195 e. The molecule has 0 aliphatic rings. The summed E-state index contributed by atoms with van der Waals surface area (Å²) in [6.07, 6.45) is 0.904. The first-order valence-corrected chi connectivity index (χ1v) is 8.19. The third kappa shape index (κ3) is 2.19. The lowest BCUT2D eigenvalue weighted by molar-refractivity contribution is 0.111. The Labute approximate surface area is 137 Å². The highest BCUT2D eigenvalue weighted by atomic mass is 32.1. The third-order valence-corrected chi connectivity index (χ3v) is 4.85. The first kappa shape index (κ1) is 13.9. The molecule has 112 valence electrons. The second kappa shape index (κ2) is 5.48. The molecular formula is C19H14N2OS. The SMILES string of the molecule is Cc1sc2nc(-c3ccccc3)c(C=O)n2c1-c1ccccc1. The average Bonchev–Trinajstić information content (AvgIpc) is 3.10. The van der Waals surface area contributed by atoms with E-state index in [4.69, 9.17) is 4.98 Å². The van der Waals surface area contributed by atoms with E-state index in [-0.39, 0.29) is 0 Å². The zero-order chi connectivity index (χ0) is 15.8. The summed E-state index contributed by atoms with van der Waals surface area (Å²) in [5.41, 5.74) is 4.44. The molecule has 4 aromatic rings. The number of thiazole rings is 1. The van der Waals surface area contributed by atoms with Gasteiger partial charge in [-0.2, -0.15) is 0 Å². The van der Waals surface area contributed by atoms with E-state index in [2.05, 4.69) is 19.1 Å². The summed E-state index contributed by atoms with van der Waals surface area (Å²) in [6, 6.07) is 20.0. The van der Waals surface area contributed by atoms with Gasteiger partial charge in [0.15, 0.2) is 11.2 Å². The van der Waals surface area contributed by atoms with Crippen molar-refractivity contribution < 1.29 is 4.79 Å². The van der Waals surface area contributed by atoms with Crippen molar-refractivity contribution in [1.82, 2.24) is 9.38 Å². The largest absolute Gasteiger partial charge is 0.296 e. The number of hydrogen-bond donors (Lipinski definition) is 0. The monoisotopic (exact) mass is 318 g/mol. The highest BCUT2D eigenvalue weighted by Gasteiger charge is 2.20. The Hall–Kier alpha value is -2.72. The van der Waals surface area contributed by atoms with E-state index in [1.54, 1.807) is 11.3 Å². The summed E-state index contributed by atoms with van der Waals surface area (Å²) in [7, 11) is 0. The number of aryl methyl sites for hydroxylation is 1. The van der Waals surface area contributed by atoms with Gasteiger partial charge in [-0.15, -0.1) is 11.3 Å². The Morgan fingerprint density at radius 1 is 0.957 bits per heavy atom. The molecule has 0 N–H and O–H groups in total. The van der Waals surface area contributed by atoms with Gasteiger partial charge < -0.3 is 0 Å². The fourth-order valence-electron chi connectivity index (χ4n) is 2.88. The topological polar surface area (TPSA) is 34.4 Å². The molecule has 0 fully saturated rings. The molecule has 0 atom stereocenters. The van der Waals surface area contributed by atoms with Crippen LogP contribution in [0.5, 0.6) is 0 Å². The second-order valence-electron chi connectivity index (χ2n) is 5.32. The van der Waals surface area contributed by atoms with Gasteiger partial charge in [0.1, 0.15) is 11.4 Å². The summed E-state index contributed by atoms with van der Waals surface area (Å²) in [6.45, 7) is 2.07. The predicted octanol–water partition coefficient (Wildman–Crippen LogP) is 4.85. The number of nitrogens with zero attached hydrogens (tertiary/aromatic N) is 2. The van der Waals surface area contributed by atoms with Crippen LogP contribution < -0.4 is 0 Å². The van der Waals surface area contributed by atoms with Gasteiger partial charge in [-0.1, -0.05) is 60.7 Å². The van der Waals surface area contributed by atoms with Crippen molar-refractivity contribution in [3.05, 3.63) is 71.2 Å². The number of benzene rings is 2. The third-order valence-electron chi connectivity index (χ3n) is 3.89. The number of hydrogen-bond acceptors (Lipinski definition) is 3. The summed E-state index contributed by atoms with van der Waals surface area (Å²) >= 11 is 1.61. The van der Waals surface area contributed by atoms with E-state index in [0.717, 1.165) is 38.6 Å². The van der Waals surface area contributed by atoms with Gasteiger partial charge in [-0.05, 0) is 12.5 Å². The molecule has 4 rings (SSSR count). The van der Waals surface area contributed by atoms with Crippen LogP contribution in [0.2, 0.25) is 0 Å². The lowest BCUT2D eigenvalue weighted by Gasteiger charge is -2.04. The Kier molecular flexibility index (Phi) is 3.32. The zero-order valence-corrected chi connectivity index (χ0v) is 13.4. The summed E-state index contributed by atoms with van der Waals surface area (Å²) in [4.78, 5) is 18.5. The van der Waals surface area contributed by atoms with Gasteiger partial charge in [-0.3, -0.25) is 9.20 Å². The minimum atomic E-state index is 0.606. The van der Waals surface area contributed by atoms with E-state index in [1.807, 2.05) is 52.9 Å². The van der Waals surface area contributed by atoms with Crippen molar-refractivity contribution >= 4 is 22.6 Å². The van der Waals surface area contributed by atoms with Crippen molar-refractivity contribution in [3.63, 3.8) is 0 Å². The Bertz CT molecular complexity index is 985. The maximum atomic E-state index is 11.8. The fraction of sp³-hybridized carbons (Fsp3) is 0.0526. The van der Waals surface area contributed by atoms with E-state index in [0.29, 0.717) is 5.69 Å². The molecule has 0 aliphatic heterocycles. The molecule has 0 unspecified atom stereocenters. The minimum absolute atomic E-state index is 0.606.